The molecule has 0 aromatic heterocycles. The Labute approximate surface area is 88.5 Å². The average Bonchev–Trinajstić information content (AvgIpc) is 2.16. The van der Waals surface area contributed by atoms with Gasteiger partial charge in [0, 0.05) is 3.92 Å². The van der Waals surface area contributed by atoms with E-state index in [1.54, 1.807) is 0 Å². The summed E-state index contributed by atoms with van der Waals surface area (Å²) in [5.74, 6) is 0. The summed E-state index contributed by atoms with van der Waals surface area (Å²) >= 11 is 2.53. The Morgan fingerprint density at radius 2 is 1.92 bits per heavy atom. The maximum atomic E-state index is 2.53. The van der Waals surface area contributed by atoms with Crippen LogP contribution in [0.4, 0.5) is 0 Å². The Hall–Kier alpha value is -0.0500. The van der Waals surface area contributed by atoms with Crippen molar-refractivity contribution in [3.05, 3.63) is 35.9 Å². The summed E-state index contributed by atoms with van der Waals surface area (Å²) in [6.45, 7) is 2.25. The minimum Gasteiger partial charge on any atom is -0.0826 e. The molecule has 1 unspecified atom stereocenters. The molecule has 0 fully saturated rings. The third-order valence-corrected chi connectivity index (χ3v) is 3.54. The van der Waals surface area contributed by atoms with Crippen molar-refractivity contribution in [2.24, 2.45) is 0 Å². The topological polar surface area (TPSA) is 0 Å². The molecule has 1 aromatic carbocycles. The largest absolute Gasteiger partial charge is 0.0826 e. The second-order valence-electron chi connectivity index (χ2n) is 3.03. The lowest BCUT2D eigenvalue weighted by atomic mass is 10.1. The first kappa shape index (κ1) is 10.0. The minimum atomic E-state index is 0.836. The number of alkyl halides is 1. The predicted molar refractivity (Wildman–Crippen MR) is 62.9 cm³/mol. The van der Waals surface area contributed by atoms with Crippen LogP contribution in [0.25, 0.3) is 0 Å². The number of aryl methyl sites for hydroxylation is 1. The first-order valence-electron chi connectivity index (χ1n) is 4.51. The third-order valence-electron chi connectivity index (χ3n) is 2.03. The molecular formula is C11H15I. The molecule has 0 aliphatic carbocycles. The van der Waals surface area contributed by atoms with Gasteiger partial charge in [-0.1, -0.05) is 59.8 Å². The van der Waals surface area contributed by atoms with Crippen LogP contribution in [0, 0.1) is 0 Å². The van der Waals surface area contributed by atoms with Crippen LogP contribution < -0.4 is 0 Å². The van der Waals surface area contributed by atoms with Gasteiger partial charge in [0.2, 0.25) is 0 Å². The van der Waals surface area contributed by atoms with E-state index >= 15 is 0 Å². The average molecular weight is 274 g/mol. The van der Waals surface area contributed by atoms with Gasteiger partial charge >= 0.3 is 0 Å². The smallest absolute Gasteiger partial charge is 0.0110 e. The van der Waals surface area contributed by atoms with Crippen molar-refractivity contribution < 1.29 is 0 Å². The molecule has 0 heterocycles. The molecule has 12 heavy (non-hydrogen) atoms. The molecule has 1 rings (SSSR count). The Kier molecular flexibility index (Phi) is 4.66. The highest BCUT2D eigenvalue weighted by atomic mass is 127. The SMILES string of the molecule is CCC(I)CCc1ccccc1. The van der Waals surface area contributed by atoms with E-state index in [0.29, 0.717) is 0 Å². The van der Waals surface area contributed by atoms with Gasteiger partial charge in [0.25, 0.3) is 0 Å². The van der Waals surface area contributed by atoms with Crippen LogP contribution in [0.3, 0.4) is 0 Å². The van der Waals surface area contributed by atoms with E-state index < -0.39 is 0 Å². The number of hydrogen-bond donors (Lipinski definition) is 0. The fraction of sp³-hybridized carbons (Fsp3) is 0.455. The molecule has 0 amide bonds. The molecular weight excluding hydrogens is 259 g/mol. The fourth-order valence-corrected chi connectivity index (χ4v) is 1.48. The molecule has 1 atom stereocenters. The van der Waals surface area contributed by atoms with Crippen LogP contribution in [-0.4, -0.2) is 3.92 Å². The summed E-state index contributed by atoms with van der Waals surface area (Å²) in [5.41, 5.74) is 1.47. The van der Waals surface area contributed by atoms with Gasteiger partial charge < -0.3 is 0 Å². The highest BCUT2D eigenvalue weighted by molar-refractivity contribution is 14.1. The monoisotopic (exact) mass is 274 g/mol. The van der Waals surface area contributed by atoms with E-state index in [1.165, 1.54) is 24.8 Å². The van der Waals surface area contributed by atoms with Crippen molar-refractivity contribution in [3.8, 4) is 0 Å². The molecule has 0 bridgehead atoms. The maximum Gasteiger partial charge on any atom is 0.0110 e. The highest BCUT2D eigenvalue weighted by Gasteiger charge is 2.00. The van der Waals surface area contributed by atoms with Crippen molar-refractivity contribution in [3.63, 3.8) is 0 Å². The van der Waals surface area contributed by atoms with Crippen LogP contribution >= 0.6 is 22.6 Å². The fourth-order valence-electron chi connectivity index (χ4n) is 1.17. The van der Waals surface area contributed by atoms with Gasteiger partial charge in [-0.05, 0) is 24.8 Å². The molecule has 1 heteroatoms. The van der Waals surface area contributed by atoms with Gasteiger partial charge in [0.1, 0.15) is 0 Å². The molecule has 0 spiro atoms. The molecule has 66 valence electrons. The summed E-state index contributed by atoms with van der Waals surface area (Å²) < 4.78 is 0.836. The molecule has 0 saturated carbocycles. The van der Waals surface area contributed by atoms with E-state index in [-0.39, 0.29) is 0 Å². The number of benzene rings is 1. The van der Waals surface area contributed by atoms with Crippen molar-refractivity contribution in [1.82, 2.24) is 0 Å². The first-order chi connectivity index (χ1) is 5.83. The van der Waals surface area contributed by atoms with Crippen LogP contribution in [-0.2, 0) is 6.42 Å². The lowest BCUT2D eigenvalue weighted by Crippen LogP contribution is -1.97. The zero-order valence-corrected chi connectivity index (χ0v) is 9.62. The van der Waals surface area contributed by atoms with Crippen LogP contribution in [0.1, 0.15) is 25.3 Å². The number of halogens is 1. The summed E-state index contributed by atoms with van der Waals surface area (Å²) in [4.78, 5) is 0. The van der Waals surface area contributed by atoms with E-state index in [9.17, 15) is 0 Å². The number of hydrogen-bond acceptors (Lipinski definition) is 0. The van der Waals surface area contributed by atoms with Crippen LogP contribution in [0.2, 0.25) is 0 Å². The van der Waals surface area contributed by atoms with Crippen LogP contribution in [0.5, 0.6) is 0 Å². The molecule has 0 aliphatic heterocycles. The zero-order chi connectivity index (χ0) is 8.81. The van der Waals surface area contributed by atoms with Crippen molar-refractivity contribution >= 4 is 22.6 Å². The molecule has 0 aliphatic rings. The summed E-state index contributed by atoms with van der Waals surface area (Å²) in [6.07, 6.45) is 3.82. The predicted octanol–water partition coefficient (Wildman–Crippen LogP) is 3.83. The standard InChI is InChI=1S/C11H15I/c1-2-11(12)9-8-10-6-4-3-5-7-10/h3-7,11H,2,8-9H2,1H3. The second kappa shape index (κ2) is 5.57. The summed E-state index contributed by atoms with van der Waals surface area (Å²) in [7, 11) is 0. The Morgan fingerprint density at radius 3 is 2.50 bits per heavy atom. The quantitative estimate of drug-likeness (QED) is 0.578. The minimum absolute atomic E-state index is 0.836. The van der Waals surface area contributed by atoms with E-state index in [4.69, 9.17) is 0 Å². The van der Waals surface area contributed by atoms with Crippen LogP contribution in [0.15, 0.2) is 30.3 Å². The second-order valence-corrected chi connectivity index (χ2v) is 4.79. The molecule has 0 N–H and O–H groups in total. The number of rotatable bonds is 4. The maximum absolute atomic E-state index is 2.53. The zero-order valence-electron chi connectivity index (χ0n) is 7.46. The molecule has 0 saturated heterocycles. The van der Waals surface area contributed by atoms with Gasteiger partial charge in [-0.25, -0.2) is 0 Å². The Balaban J connectivity index is 2.33. The van der Waals surface area contributed by atoms with E-state index in [0.717, 1.165) is 3.92 Å². The van der Waals surface area contributed by atoms with Gasteiger partial charge in [0.05, 0.1) is 0 Å². The lowest BCUT2D eigenvalue weighted by molar-refractivity contribution is 0.759. The van der Waals surface area contributed by atoms with Crippen molar-refractivity contribution in [1.29, 1.82) is 0 Å². The van der Waals surface area contributed by atoms with Gasteiger partial charge in [-0.2, -0.15) is 0 Å². The highest BCUT2D eigenvalue weighted by Crippen LogP contribution is 2.13. The molecule has 0 nitrogen and oxygen atoms in total. The third kappa shape index (κ3) is 3.57. The van der Waals surface area contributed by atoms with Gasteiger partial charge in [0.15, 0.2) is 0 Å². The van der Waals surface area contributed by atoms with E-state index in [1.807, 2.05) is 0 Å². The summed E-state index contributed by atoms with van der Waals surface area (Å²) in [6, 6.07) is 10.7. The molecule has 0 radical (unpaired) electrons. The Morgan fingerprint density at radius 1 is 1.25 bits per heavy atom. The Bertz CT molecular complexity index is 206. The normalized spacial score (nSPS) is 12.8. The van der Waals surface area contributed by atoms with E-state index in [2.05, 4.69) is 59.8 Å². The van der Waals surface area contributed by atoms with Crippen molar-refractivity contribution in [2.45, 2.75) is 30.1 Å². The van der Waals surface area contributed by atoms with Gasteiger partial charge in [-0.15, -0.1) is 0 Å². The lowest BCUT2D eigenvalue weighted by Gasteiger charge is -2.05. The first-order valence-corrected chi connectivity index (χ1v) is 5.75. The summed E-state index contributed by atoms with van der Waals surface area (Å²) in [5, 5.41) is 0. The molecule has 1 aromatic rings. The van der Waals surface area contributed by atoms with Crippen molar-refractivity contribution in [2.75, 3.05) is 0 Å². The van der Waals surface area contributed by atoms with Gasteiger partial charge in [-0.3, -0.25) is 0 Å².